The lowest BCUT2D eigenvalue weighted by atomic mass is 10.3. The van der Waals surface area contributed by atoms with E-state index in [4.69, 9.17) is 9.84 Å². The van der Waals surface area contributed by atoms with E-state index in [-0.39, 0.29) is 4.88 Å². The Kier molecular flexibility index (Phi) is 4.55. The maximum Gasteiger partial charge on any atom is 0.349 e. The van der Waals surface area contributed by atoms with Crippen LogP contribution in [0.5, 0.6) is 5.75 Å². The molecular weight excluding hydrogens is 224 g/mol. The van der Waals surface area contributed by atoms with Crippen LogP contribution in [0.4, 0.5) is 0 Å². The Morgan fingerprint density at radius 2 is 2.31 bits per heavy atom. The highest BCUT2D eigenvalue weighted by Crippen LogP contribution is 2.30. The van der Waals surface area contributed by atoms with Crippen LogP contribution in [0.1, 0.15) is 34.8 Å². The molecule has 0 saturated carbocycles. The molecule has 0 aliphatic carbocycles. The smallest absolute Gasteiger partial charge is 0.349 e. The first-order chi connectivity index (χ1) is 7.54. The molecule has 0 fully saturated rings. The maximum atomic E-state index is 11.0. The average molecular weight is 240 g/mol. The van der Waals surface area contributed by atoms with Gasteiger partial charge in [0.1, 0.15) is 12.4 Å². The molecule has 0 amide bonds. The molecule has 1 heterocycles. The standard InChI is InChI=1S/C12H16O3S/c1-4-5-9-6-10(15-7-8(2)3)11(16-9)12(13)14/h6H,2,4-5,7H2,1,3H3,(H,13,14). The van der Waals surface area contributed by atoms with Gasteiger partial charge in [-0.1, -0.05) is 19.9 Å². The molecule has 0 saturated heterocycles. The van der Waals surface area contributed by atoms with Gasteiger partial charge in [-0.25, -0.2) is 4.79 Å². The van der Waals surface area contributed by atoms with Gasteiger partial charge in [0.2, 0.25) is 0 Å². The Balaban J connectivity index is 2.86. The fourth-order valence-corrected chi connectivity index (χ4v) is 2.29. The summed E-state index contributed by atoms with van der Waals surface area (Å²) in [7, 11) is 0. The van der Waals surface area contributed by atoms with Gasteiger partial charge in [-0.05, 0) is 25.0 Å². The number of ether oxygens (including phenoxy) is 1. The number of aromatic carboxylic acids is 1. The molecule has 0 unspecified atom stereocenters. The van der Waals surface area contributed by atoms with Crippen LogP contribution in [-0.2, 0) is 6.42 Å². The summed E-state index contributed by atoms with van der Waals surface area (Å²) in [6, 6.07) is 1.82. The van der Waals surface area contributed by atoms with E-state index in [2.05, 4.69) is 13.5 Å². The topological polar surface area (TPSA) is 46.5 Å². The minimum atomic E-state index is -0.927. The van der Waals surface area contributed by atoms with Gasteiger partial charge in [-0.15, -0.1) is 11.3 Å². The summed E-state index contributed by atoms with van der Waals surface area (Å²) >= 11 is 1.29. The summed E-state index contributed by atoms with van der Waals surface area (Å²) in [5, 5.41) is 9.02. The Hall–Kier alpha value is -1.29. The largest absolute Gasteiger partial charge is 0.487 e. The Bertz CT molecular complexity index is 393. The van der Waals surface area contributed by atoms with Crippen LogP contribution >= 0.6 is 11.3 Å². The normalized spacial score (nSPS) is 10.1. The molecule has 1 rings (SSSR count). The summed E-state index contributed by atoms with van der Waals surface area (Å²) in [5.74, 6) is -0.465. The highest BCUT2D eigenvalue weighted by atomic mass is 32.1. The molecular formula is C12H16O3S. The highest BCUT2D eigenvalue weighted by molar-refractivity contribution is 7.14. The van der Waals surface area contributed by atoms with E-state index >= 15 is 0 Å². The second kappa shape index (κ2) is 5.70. The molecule has 4 heteroatoms. The van der Waals surface area contributed by atoms with Crippen molar-refractivity contribution in [3.05, 3.63) is 28.0 Å². The van der Waals surface area contributed by atoms with E-state index < -0.39 is 5.97 Å². The minimum Gasteiger partial charge on any atom is -0.487 e. The molecule has 0 spiro atoms. The first-order valence-electron chi connectivity index (χ1n) is 5.17. The molecule has 1 aromatic heterocycles. The number of carbonyl (C=O) groups is 1. The van der Waals surface area contributed by atoms with Crippen LogP contribution in [0, 0.1) is 0 Å². The van der Waals surface area contributed by atoms with Gasteiger partial charge < -0.3 is 9.84 Å². The predicted molar refractivity (Wildman–Crippen MR) is 65.6 cm³/mol. The summed E-state index contributed by atoms with van der Waals surface area (Å²) in [4.78, 5) is 12.3. The van der Waals surface area contributed by atoms with Crippen LogP contribution in [-0.4, -0.2) is 17.7 Å². The third kappa shape index (κ3) is 3.38. The van der Waals surface area contributed by atoms with Gasteiger partial charge in [0, 0.05) is 4.88 Å². The van der Waals surface area contributed by atoms with Crippen molar-refractivity contribution in [1.29, 1.82) is 0 Å². The quantitative estimate of drug-likeness (QED) is 0.776. The predicted octanol–water partition coefficient (Wildman–Crippen LogP) is 3.35. The SMILES string of the molecule is C=C(C)COc1cc(CCC)sc1C(=O)O. The molecule has 16 heavy (non-hydrogen) atoms. The van der Waals surface area contributed by atoms with Crippen molar-refractivity contribution in [2.45, 2.75) is 26.7 Å². The number of carboxylic acids is 1. The first kappa shape index (κ1) is 12.8. The van der Waals surface area contributed by atoms with Crippen molar-refractivity contribution >= 4 is 17.3 Å². The van der Waals surface area contributed by atoms with Crippen molar-refractivity contribution in [1.82, 2.24) is 0 Å². The van der Waals surface area contributed by atoms with Crippen LogP contribution in [0.25, 0.3) is 0 Å². The Morgan fingerprint density at radius 3 is 2.81 bits per heavy atom. The molecule has 1 N–H and O–H groups in total. The minimum absolute atomic E-state index is 0.282. The molecule has 1 aromatic rings. The zero-order valence-corrected chi connectivity index (χ0v) is 10.4. The van der Waals surface area contributed by atoms with E-state index in [0.717, 1.165) is 23.3 Å². The monoisotopic (exact) mass is 240 g/mol. The third-order valence-electron chi connectivity index (χ3n) is 1.91. The lowest BCUT2D eigenvalue weighted by Crippen LogP contribution is -2.01. The van der Waals surface area contributed by atoms with Gasteiger partial charge in [0.05, 0.1) is 0 Å². The maximum absolute atomic E-state index is 11.0. The van der Waals surface area contributed by atoms with Gasteiger partial charge in [0.15, 0.2) is 4.88 Å². The van der Waals surface area contributed by atoms with E-state index in [1.165, 1.54) is 11.3 Å². The second-order valence-corrected chi connectivity index (χ2v) is 4.84. The summed E-state index contributed by atoms with van der Waals surface area (Å²) in [6.45, 7) is 7.99. The number of thiophene rings is 1. The summed E-state index contributed by atoms with van der Waals surface area (Å²) in [5.41, 5.74) is 0.875. The Morgan fingerprint density at radius 1 is 1.62 bits per heavy atom. The van der Waals surface area contributed by atoms with Crippen LogP contribution < -0.4 is 4.74 Å². The van der Waals surface area contributed by atoms with Crippen molar-refractivity contribution in [3.63, 3.8) is 0 Å². The van der Waals surface area contributed by atoms with E-state index in [1.54, 1.807) is 0 Å². The zero-order valence-electron chi connectivity index (χ0n) is 9.58. The van der Waals surface area contributed by atoms with E-state index in [0.29, 0.717) is 12.4 Å². The molecule has 0 atom stereocenters. The average Bonchev–Trinajstić information content (AvgIpc) is 2.59. The lowest BCUT2D eigenvalue weighted by Gasteiger charge is -2.03. The van der Waals surface area contributed by atoms with Crippen LogP contribution in [0.15, 0.2) is 18.2 Å². The molecule has 88 valence electrons. The van der Waals surface area contributed by atoms with Crippen molar-refractivity contribution in [3.8, 4) is 5.75 Å². The second-order valence-electron chi connectivity index (χ2n) is 3.71. The number of hydrogen-bond donors (Lipinski definition) is 1. The van der Waals surface area contributed by atoms with Gasteiger partial charge >= 0.3 is 5.97 Å². The molecule has 0 aromatic carbocycles. The summed E-state index contributed by atoms with van der Waals surface area (Å²) < 4.78 is 5.42. The first-order valence-corrected chi connectivity index (χ1v) is 5.99. The van der Waals surface area contributed by atoms with Crippen molar-refractivity contribution in [2.75, 3.05) is 6.61 Å². The molecule has 0 bridgehead atoms. The third-order valence-corrected chi connectivity index (χ3v) is 3.08. The highest BCUT2D eigenvalue weighted by Gasteiger charge is 2.16. The lowest BCUT2D eigenvalue weighted by molar-refractivity contribution is 0.0698. The van der Waals surface area contributed by atoms with E-state index in [9.17, 15) is 4.79 Å². The van der Waals surface area contributed by atoms with Gasteiger partial charge in [-0.2, -0.15) is 0 Å². The molecule has 3 nitrogen and oxygen atoms in total. The van der Waals surface area contributed by atoms with E-state index in [1.807, 2.05) is 13.0 Å². The van der Waals surface area contributed by atoms with Crippen LogP contribution in [0.2, 0.25) is 0 Å². The summed E-state index contributed by atoms with van der Waals surface area (Å²) in [6.07, 6.45) is 1.89. The molecule has 0 aliphatic rings. The number of carboxylic acid groups (broad SMARTS) is 1. The number of rotatable bonds is 6. The van der Waals surface area contributed by atoms with Crippen molar-refractivity contribution in [2.24, 2.45) is 0 Å². The Labute approximate surface area is 99.4 Å². The van der Waals surface area contributed by atoms with Crippen LogP contribution in [0.3, 0.4) is 0 Å². The van der Waals surface area contributed by atoms with Crippen molar-refractivity contribution < 1.29 is 14.6 Å². The number of hydrogen-bond acceptors (Lipinski definition) is 3. The number of aryl methyl sites for hydroxylation is 1. The zero-order chi connectivity index (χ0) is 12.1. The van der Waals surface area contributed by atoms with Gasteiger partial charge in [-0.3, -0.25) is 0 Å². The van der Waals surface area contributed by atoms with Gasteiger partial charge in [0.25, 0.3) is 0 Å². The fraction of sp³-hybridized carbons (Fsp3) is 0.417. The molecule has 0 radical (unpaired) electrons. The molecule has 0 aliphatic heterocycles. The fourth-order valence-electron chi connectivity index (χ4n) is 1.25.